The lowest BCUT2D eigenvalue weighted by molar-refractivity contribution is 0.0776. The van der Waals surface area contributed by atoms with Gasteiger partial charge in [0.15, 0.2) is 0 Å². The second-order valence-electron chi connectivity index (χ2n) is 4.65. The summed E-state index contributed by atoms with van der Waals surface area (Å²) < 4.78 is 5.35. The van der Waals surface area contributed by atoms with E-state index in [1.54, 1.807) is 0 Å². The standard InChI is InChI=1S/C13H21N3O/c1-16(2)13-11(4-3-7-14-13)10-15-12-5-8-17-9-6-12/h3-4,7,12,15H,5-6,8-10H2,1-2H3. The number of nitrogens with zero attached hydrogens (tertiary/aromatic N) is 2. The summed E-state index contributed by atoms with van der Waals surface area (Å²) in [6.45, 7) is 2.64. The minimum absolute atomic E-state index is 0.582. The van der Waals surface area contributed by atoms with Crippen molar-refractivity contribution in [3.05, 3.63) is 23.9 Å². The SMILES string of the molecule is CN(C)c1ncccc1CNC1CCOCC1. The number of hydrogen-bond donors (Lipinski definition) is 1. The van der Waals surface area contributed by atoms with Crippen LogP contribution in [0.2, 0.25) is 0 Å². The molecule has 1 aromatic rings. The zero-order chi connectivity index (χ0) is 12.1. The van der Waals surface area contributed by atoms with Crippen LogP contribution in [0.1, 0.15) is 18.4 Å². The van der Waals surface area contributed by atoms with E-state index in [0.29, 0.717) is 6.04 Å². The minimum atomic E-state index is 0.582. The van der Waals surface area contributed by atoms with E-state index >= 15 is 0 Å². The van der Waals surface area contributed by atoms with Gasteiger partial charge in [0.05, 0.1) is 0 Å². The highest BCUT2D eigenvalue weighted by Crippen LogP contribution is 2.15. The van der Waals surface area contributed by atoms with Gasteiger partial charge in [0.1, 0.15) is 5.82 Å². The lowest BCUT2D eigenvalue weighted by Gasteiger charge is -2.24. The van der Waals surface area contributed by atoms with Gasteiger partial charge in [-0.1, -0.05) is 6.07 Å². The molecule has 0 amide bonds. The van der Waals surface area contributed by atoms with Crippen LogP contribution in [0.25, 0.3) is 0 Å². The maximum atomic E-state index is 5.35. The average Bonchev–Trinajstić information content (AvgIpc) is 2.38. The first-order chi connectivity index (χ1) is 8.27. The van der Waals surface area contributed by atoms with Crippen LogP contribution < -0.4 is 10.2 Å². The van der Waals surface area contributed by atoms with Gasteiger partial charge in [-0.25, -0.2) is 4.98 Å². The maximum absolute atomic E-state index is 5.35. The molecule has 2 heterocycles. The highest BCUT2D eigenvalue weighted by Gasteiger charge is 2.14. The molecule has 1 aliphatic heterocycles. The van der Waals surface area contributed by atoms with E-state index in [9.17, 15) is 0 Å². The first kappa shape index (κ1) is 12.3. The Balaban J connectivity index is 1.93. The molecule has 94 valence electrons. The zero-order valence-corrected chi connectivity index (χ0v) is 10.6. The second kappa shape index (κ2) is 5.98. The first-order valence-electron chi connectivity index (χ1n) is 6.19. The number of pyridine rings is 1. The Hall–Kier alpha value is -1.13. The highest BCUT2D eigenvalue weighted by atomic mass is 16.5. The van der Waals surface area contributed by atoms with E-state index in [0.717, 1.165) is 38.4 Å². The molecule has 1 N–H and O–H groups in total. The molecule has 17 heavy (non-hydrogen) atoms. The summed E-state index contributed by atoms with van der Waals surface area (Å²) >= 11 is 0. The summed E-state index contributed by atoms with van der Waals surface area (Å²) in [5.41, 5.74) is 1.25. The molecule has 4 heteroatoms. The predicted octanol–water partition coefficient (Wildman–Crippen LogP) is 1.42. The summed E-state index contributed by atoms with van der Waals surface area (Å²) in [7, 11) is 4.06. The van der Waals surface area contributed by atoms with Crippen molar-refractivity contribution < 1.29 is 4.74 Å². The van der Waals surface area contributed by atoms with Crippen molar-refractivity contribution in [2.24, 2.45) is 0 Å². The molecule has 1 aromatic heterocycles. The number of ether oxygens (including phenoxy) is 1. The summed E-state index contributed by atoms with van der Waals surface area (Å²) in [5.74, 6) is 1.05. The highest BCUT2D eigenvalue weighted by molar-refractivity contribution is 5.45. The van der Waals surface area contributed by atoms with Gasteiger partial charge in [-0.2, -0.15) is 0 Å². The van der Waals surface area contributed by atoms with Crippen molar-refractivity contribution in [1.29, 1.82) is 0 Å². The lowest BCUT2D eigenvalue weighted by atomic mass is 10.1. The van der Waals surface area contributed by atoms with Crippen LogP contribution in [0.15, 0.2) is 18.3 Å². The molecule has 0 spiro atoms. The van der Waals surface area contributed by atoms with Crippen LogP contribution in [-0.2, 0) is 11.3 Å². The van der Waals surface area contributed by atoms with Crippen molar-refractivity contribution in [1.82, 2.24) is 10.3 Å². The van der Waals surface area contributed by atoms with Crippen molar-refractivity contribution in [3.63, 3.8) is 0 Å². The van der Waals surface area contributed by atoms with E-state index < -0.39 is 0 Å². The Morgan fingerprint density at radius 2 is 2.18 bits per heavy atom. The van der Waals surface area contributed by atoms with Crippen LogP contribution in [0, 0.1) is 0 Å². The van der Waals surface area contributed by atoms with Gasteiger partial charge in [-0.05, 0) is 18.9 Å². The van der Waals surface area contributed by atoms with E-state index in [1.165, 1.54) is 5.56 Å². The minimum Gasteiger partial charge on any atom is -0.381 e. The van der Waals surface area contributed by atoms with E-state index in [-0.39, 0.29) is 0 Å². The zero-order valence-electron chi connectivity index (χ0n) is 10.6. The largest absolute Gasteiger partial charge is 0.381 e. The summed E-state index contributed by atoms with van der Waals surface area (Å²) in [6, 6.07) is 4.71. The van der Waals surface area contributed by atoms with Gasteiger partial charge < -0.3 is 15.0 Å². The molecular weight excluding hydrogens is 214 g/mol. The second-order valence-corrected chi connectivity index (χ2v) is 4.65. The summed E-state index contributed by atoms with van der Waals surface area (Å²) in [4.78, 5) is 6.46. The van der Waals surface area contributed by atoms with Crippen LogP contribution in [0.5, 0.6) is 0 Å². The van der Waals surface area contributed by atoms with Crippen molar-refractivity contribution in [2.75, 3.05) is 32.2 Å². The molecule has 1 saturated heterocycles. The van der Waals surface area contributed by atoms with Gasteiger partial charge in [0.2, 0.25) is 0 Å². The van der Waals surface area contributed by atoms with Crippen LogP contribution >= 0.6 is 0 Å². The Labute approximate surface area is 103 Å². The average molecular weight is 235 g/mol. The number of rotatable bonds is 4. The van der Waals surface area contributed by atoms with Crippen LogP contribution in [0.3, 0.4) is 0 Å². The van der Waals surface area contributed by atoms with E-state index in [4.69, 9.17) is 4.74 Å². The molecule has 1 fully saturated rings. The molecule has 0 unspecified atom stereocenters. The Kier molecular flexibility index (Phi) is 4.34. The molecular formula is C13H21N3O. The number of aromatic nitrogens is 1. The Morgan fingerprint density at radius 3 is 2.88 bits per heavy atom. The van der Waals surface area contributed by atoms with Gasteiger partial charge in [0, 0.05) is 51.7 Å². The fourth-order valence-corrected chi connectivity index (χ4v) is 2.13. The number of hydrogen-bond acceptors (Lipinski definition) is 4. The Morgan fingerprint density at radius 1 is 1.41 bits per heavy atom. The lowest BCUT2D eigenvalue weighted by Crippen LogP contribution is -2.34. The molecule has 0 saturated carbocycles. The van der Waals surface area contributed by atoms with Gasteiger partial charge in [-0.15, -0.1) is 0 Å². The van der Waals surface area contributed by atoms with Crippen LogP contribution in [0.4, 0.5) is 5.82 Å². The smallest absolute Gasteiger partial charge is 0.132 e. The van der Waals surface area contributed by atoms with Crippen LogP contribution in [-0.4, -0.2) is 38.3 Å². The topological polar surface area (TPSA) is 37.4 Å². The third kappa shape index (κ3) is 3.41. The maximum Gasteiger partial charge on any atom is 0.132 e. The van der Waals surface area contributed by atoms with Gasteiger partial charge in [0.25, 0.3) is 0 Å². The van der Waals surface area contributed by atoms with Crippen molar-refractivity contribution in [2.45, 2.75) is 25.4 Å². The third-order valence-electron chi connectivity index (χ3n) is 3.09. The van der Waals surface area contributed by atoms with E-state index in [1.807, 2.05) is 26.4 Å². The first-order valence-corrected chi connectivity index (χ1v) is 6.19. The van der Waals surface area contributed by atoms with Crippen molar-refractivity contribution >= 4 is 5.82 Å². The quantitative estimate of drug-likeness (QED) is 0.856. The number of anilines is 1. The monoisotopic (exact) mass is 235 g/mol. The van der Waals surface area contributed by atoms with Crippen molar-refractivity contribution in [3.8, 4) is 0 Å². The molecule has 0 aliphatic carbocycles. The fourth-order valence-electron chi connectivity index (χ4n) is 2.13. The molecule has 0 radical (unpaired) electrons. The van der Waals surface area contributed by atoms with Gasteiger partial charge in [-0.3, -0.25) is 0 Å². The molecule has 0 bridgehead atoms. The summed E-state index contributed by atoms with van der Waals surface area (Å²) in [6.07, 6.45) is 4.06. The molecule has 1 aliphatic rings. The molecule has 0 atom stereocenters. The predicted molar refractivity (Wildman–Crippen MR) is 69.2 cm³/mol. The number of nitrogens with one attached hydrogen (secondary N) is 1. The Bertz CT molecular complexity index is 348. The molecule has 2 rings (SSSR count). The molecule has 0 aromatic carbocycles. The normalized spacial score (nSPS) is 17.1. The molecule has 4 nitrogen and oxygen atoms in total. The van der Waals surface area contributed by atoms with E-state index in [2.05, 4.69) is 21.3 Å². The van der Waals surface area contributed by atoms with Gasteiger partial charge >= 0.3 is 0 Å². The third-order valence-corrected chi connectivity index (χ3v) is 3.09. The summed E-state index contributed by atoms with van der Waals surface area (Å²) in [5, 5.41) is 3.59. The fraction of sp³-hybridized carbons (Fsp3) is 0.615.